The molecule has 0 aliphatic heterocycles. The molecular weight excluding hydrogens is 269 g/mol. The molecule has 0 spiro atoms. The van der Waals surface area contributed by atoms with E-state index in [1.807, 2.05) is 0 Å². The van der Waals surface area contributed by atoms with Crippen molar-refractivity contribution < 1.29 is 23.0 Å². The van der Waals surface area contributed by atoms with Crippen molar-refractivity contribution in [1.82, 2.24) is 0 Å². The molecule has 0 heterocycles. The van der Waals surface area contributed by atoms with Crippen molar-refractivity contribution in [3.05, 3.63) is 29.8 Å². The van der Waals surface area contributed by atoms with E-state index in [9.17, 15) is 18.3 Å². The van der Waals surface area contributed by atoms with Gasteiger partial charge in [0.25, 0.3) is 0 Å². The topological polar surface area (TPSA) is 29.5 Å². The second-order valence-electron chi connectivity index (χ2n) is 5.32. The number of rotatable bonds is 3. The lowest BCUT2D eigenvalue weighted by atomic mass is 9.89. The van der Waals surface area contributed by atoms with Crippen LogP contribution < -0.4 is 4.74 Å². The van der Waals surface area contributed by atoms with E-state index in [0.717, 1.165) is 25.7 Å². The van der Waals surface area contributed by atoms with Gasteiger partial charge in [-0.1, -0.05) is 37.8 Å². The first-order chi connectivity index (χ1) is 9.46. The van der Waals surface area contributed by atoms with Crippen LogP contribution in [0.15, 0.2) is 24.3 Å². The molecule has 1 aromatic carbocycles. The number of hydrogen-bond donors (Lipinski definition) is 1. The lowest BCUT2D eigenvalue weighted by Gasteiger charge is -2.22. The van der Waals surface area contributed by atoms with Gasteiger partial charge in [0.05, 0.1) is 6.10 Å². The van der Waals surface area contributed by atoms with Gasteiger partial charge in [0.2, 0.25) is 0 Å². The fourth-order valence-electron chi connectivity index (χ4n) is 2.79. The number of aliphatic hydroxyl groups excluding tert-OH is 1. The molecular formula is C15H19F3O2. The summed E-state index contributed by atoms with van der Waals surface area (Å²) in [5.74, 6) is -0.152. The average molecular weight is 288 g/mol. The molecule has 0 radical (unpaired) electrons. The van der Waals surface area contributed by atoms with Gasteiger partial charge in [-0.2, -0.15) is 0 Å². The van der Waals surface area contributed by atoms with Gasteiger partial charge in [-0.25, -0.2) is 0 Å². The van der Waals surface area contributed by atoms with Gasteiger partial charge in [0, 0.05) is 0 Å². The molecule has 112 valence electrons. The van der Waals surface area contributed by atoms with E-state index < -0.39 is 12.5 Å². The van der Waals surface area contributed by atoms with Gasteiger partial charge in [-0.05, 0) is 36.5 Å². The van der Waals surface area contributed by atoms with Crippen molar-refractivity contribution in [2.24, 2.45) is 5.92 Å². The maximum atomic E-state index is 12.2. The van der Waals surface area contributed by atoms with Crippen molar-refractivity contribution in [3.8, 4) is 5.75 Å². The maximum Gasteiger partial charge on any atom is 0.573 e. The molecule has 1 aliphatic carbocycles. The highest BCUT2D eigenvalue weighted by molar-refractivity contribution is 5.30. The lowest BCUT2D eigenvalue weighted by Crippen LogP contribution is -2.17. The van der Waals surface area contributed by atoms with Crippen LogP contribution in [0.2, 0.25) is 0 Å². The van der Waals surface area contributed by atoms with Crippen LogP contribution in [0.1, 0.15) is 50.2 Å². The van der Waals surface area contributed by atoms with Crippen molar-refractivity contribution in [2.75, 3.05) is 0 Å². The Morgan fingerprint density at radius 1 is 1.10 bits per heavy atom. The zero-order valence-electron chi connectivity index (χ0n) is 11.2. The van der Waals surface area contributed by atoms with E-state index in [-0.39, 0.29) is 11.7 Å². The van der Waals surface area contributed by atoms with Gasteiger partial charge in [-0.3, -0.25) is 0 Å². The van der Waals surface area contributed by atoms with E-state index >= 15 is 0 Å². The van der Waals surface area contributed by atoms with Gasteiger partial charge < -0.3 is 9.84 Å². The van der Waals surface area contributed by atoms with Crippen LogP contribution in [0.25, 0.3) is 0 Å². The third-order valence-corrected chi connectivity index (χ3v) is 3.78. The Hall–Kier alpha value is -1.23. The lowest BCUT2D eigenvalue weighted by molar-refractivity contribution is -0.274. The Labute approximate surface area is 116 Å². The Bertz CT molecular complexity index is 423. The molecule has 1 unspecified atom stereocenters. The van der Waals surface area contributed by atoms with Crippen molar-refractivity contribution in [3.63, 3.8) is 0 Å². The minimum absolute atomic E-state index is 0.124. The number of halogens is 3. The number of benzene rings is 1. The molecule has 5 heteroatoms. The summed E-state index contributed by atoms with van der Waals surface area (Å²) in [6.07, 6.45) is 0.898. The smallest absolute Gasteiger partial charge is 0.406 e. The zero-order chi connectivity index (χ0) is 14.6. The van der Waals surface area contributed by atoms with Crippen LogP contribution in [0.3, 0.4) is 0 Å². The van der Waals surface area contributed by atoms with Crippen molar-refractivity contribution in [2.45, 2.75) is 51.0 Å². The molecule has 0 amide bonds. The predicted octanol–water partition coefficient (Wildman–Crippen LogP) is 4.59. The summed E-state index contributed by atoms with van der Waals surface area (Å²) in [5, 5.41) is 10.4. The van der Waals surface area contributed by atoms with Crippen LogP contribution in [0.4, 0.5) is 13.2 Å². The molecule has 1 atom stereocenters. The summed E-state index contributed by atoms with van der Waals surface area (Å²) >= 11 is 0. The van der Waals surface area contributed by atoms with Gasteiger partial charge in [0.1, 0.15) is 5.75 Å². The molecule has 0 bridgehead atoms. The van der Waals surface area contributed by atoms with E-state index in [0.29, 0.717) is 5.56 Å². The largest absolute Gasteiger partial charge is 0.573 e. The first kappa shape index (κ1) is 15.2. The van der Waals surface area contributed by atoms with Gasteiger partial charge in [-0.15, -0.1) is 13.2 Å². The molecule has 1 fully saturated rings. The molecule has 1 N–H and O–H groups in total. The Kier molecular flexibility index (Phi) is 4.91. The third kappa shape index (κ3) is 4.40. The normalized spacial score (nSPS) is 19.4. The van der Waals surface area contributed by atoms with Crippen LogP contribution in [0, 0.1) is 5.92 Å². The standard InChI is InChI=1S/C15H19F3O2/c16-15(17,18)20-13-9-5-8-12(10-13)14(19)11-6-3-1-2-4-7-11/h5,8-11,14,19H,1-4,6-7H2. The van der Waals surface area contributed by atoms with Gasteiger partial charge >= 0.3 is 6.36 Å². The molecule has 1 saturated carbocycles. The van der Waals surface area contributed by atoms with Crippen LogP contribution in [0.5, 0.6) is 5.75 Å². The highest BCUT2D eigenvalue weighted by atomic mass is 19.4. The SMILES string of the molecule is OC(c1cccc(OC(F)(F)F)c1)C1CCCCCC1. The minimum atomic E-state index is -4.70. The summed E-state index contributed by atoms with van der Waals surface area (Å²) in [7, 11) is 0. The zero-order valence-corrected chi connectivity index (χ0v) is 11.2. The molecule has 2 rings (SSSR count). The molecule has 2 nitrogen and oxygen atoms in total. The van der Waals surface area contributed by atoms with E-state index in [1.54, 1.807) is 6.07 Å². The fourth-order valence-corrected chi connectivity index (χ4v) is 2.79. The van der Waals surface area contributed by atoms with Gasteiger partial charge in [0.15, 0.2) is 0 Å². The van der Waals surface area contributed by atoms with Crippen LogP contribution >= 0.6 is 0 Å². The Morgan fingerprint density at radius 2 is 1.75 bits per heavy atom. The quantitative estimate of drug-likeness (QED) is 0.824. The molecule has 1 aromatic rings. The van der Waals surface area contributed by atoms with E-state index in [1.165, 1.54) is 31.0 Å². The highest BCUT2D eigenvalue weighted by Gasteiger charge is 2.31. The summed E-state index contributed by atoms with van der Waals surface area (Å²) in [6, 6.07) is 5.66. The maximum absolute atomic E-state index is 12.2. The number of aliphatic hydroxyl groups is 1. The average Bonchev–Trinajstić information content (AvgIpc) is 2.65. The van der Waals surface area contributed by atoms with Crippen LogP contribution in [-0.2, 0) is 0 Å². The summed E-state index contributed by atoms with van der Waals surface area (Å²) in [4.78, 5) is 0. The molecule has 20 heavy (non-hydrogen) atoms. The Morgan fingerprint density at radius 3 is 2.35 bits per heavy atom. The molecule has 0 aromatic heterocycles. The van der Waals surface area contributed by atoms with Crippen molar-refractivity contribution >= 4 is 0 Å². The monoisotopic (exact) mass is 288 g/mol. The molecule has 0 saturated heterocycles. The highest BCUT2D eigenvalue weighted by Crippen LogP contribution is 2.35. The van der Waals surface area contributed by atoms with E-state index in [4.69, 9.17) is 0 Å². The van der Waals surface area contributed by atoms with Crippen molar-refractivity contribution in [1.29, 1.82) is 0 Å². The summed E-state index contributed by atoms with van der Waals surface area (Å²) in [6.45, 7) is 0. The number of hydrogen-bond acceptors (Lipinski definition) is 2. The predicted molar refractivity (Wildman–Crippen MR) is 69.3 cm³/mol. The Balaban J connectivity index is 2.09. The second-order valence-corrected chi connectivity index (χ2v) is 5.32. The third-order valence-electron chi connectivity index (χ3n) is 3.78. The van der Waals surface area contributed by atoms with E-state index in [2.05, 4.69) is 4.74 Å². The minimum Gasteiger partial charge on any atom is -0.406 e. The number of alkyl halides is 3. The van der Waals surface area contributed by atoms with Crippen LogP contribution in [-0.4, -0.2) is 11.5 Å². The fraction of sp³-hybridized carbons (Fsp3) is 0.600. The first-order valence-electron chi connectivity index (χ1n) is 6.99. The first-order valence-corrected chi connectivity index (χ1v) is 6.99. The second kappa shape index (κ2) is 6.48. The number of ether oxygens (including phenoxy) is 1. The molecule has 1 aliphatic rings. The summed E-state index contributed by atoms with van der Waals surface area (Å²) in [5.41, 5.74) is 0.499. The summed E-state index contributed by atoms with van der Waals surface area (Å²) < 4.78 is 40.5.